The first kappa shape index (κ1) is 22.0. The first-order chi connectivity index (χ1) is 16.7. The van der Waals surface area contributed by atoms with Gasteiger partial charge in [0.1, 0.15) is 0 Å². The van der Waals surface area contributed by atoms with E-state index in [0.29, 0.717) is 6.54 Å². The summed E-state index contributed by atoms with van der Waals surface area (Å²) in [6.45, 7) is 5.64. The monoisotopic (exact) mass is 451 g/mol. The van der Waals surface area contributed by atoms with Crippen molar-refractivity contribution in [1.82, 2.24) is 15.1 Å². The molecule has 1 N–H and O–H groups in total. The second kappa shape index (κ2) is 10.0. The van der Waals surface area contributed by atoms with Crippen molar-refractivity contribution < 1.29 is 4.79 Å². The Morgan fingerprint density at radius 1 is 0.824 bits per heavy atom. The van der Waals surface area contributed by atoms with E-state index in [-0.39, 0.29) is 5.91 Å². The van der Waals surface area contributed by atoms with Crippen molar-refractivity contribution in [3.8, 4) is 0 Å². The van der Waals surface area contributed by atoms with Crippen LogP contribution in [-0.2, 0) is 11.2 Å². The van der Waals surface area contributed by atoms with Gasteiger partial charge in [0, 0.05) is 49.1 Å². The van der Waals surface area contributed by atoms with Gasteiger partial charge in [0.15, 0.2) is 5.82 Å². The van der Waals surface area contributed by atoms with Crippen molar-refractivity contribution in [2.45, 2.75) is 13.3 Å². The van der Waals surface area contributed by atoms with E-state index in [1.54, 1.807) is 0 Å². The topological polar surface area (TPSA) is 61.4 Å². The van der Waals surface area contributed by atoms with Crippen LogP contribution in [0.4, 0.5) is 11.5 Å². The molecule has 172 valence electrons. The van der Waals surface area contributed by atoms with E-state index in [4.69, 9.17) is 0 Å². The second-order valence-corrected chi connectivity index (χ2v) is 8.80. The lowest BCUT2D eigenvalue weighted by atomic mass is 10.0. The maximum Gasteiger partial charge on any atom is 0.238 e. The highest BCUT2D eigenvalue weighted by Crippen LogP contribution is 2.27. The quantitative estimate of drug-likeness (QED) is 0.474. The van der Waals surface area contributed by atoms with Gasteiger partial charge >= 0.3 is 0 Å². The maximum absolute atomic E-state index is 12.6. The molecule has 0 radical (unpaired) electrons. The highest BCUT2D eigenvalue weighted by Gasteiger charge is 2.22. The average molecular weight is 452 g/mol. The minimum Gasteiger partial charge on any atom is -0.352 e. The molecular weight excluding hydrogens is 422 g/mol. The number of hydrogen-bond acceptors (Lipinski definition) is 5. The van der Waals surface area contributed by atoms with Gasteiger partial charge in [-0.2, -0.15) is 5.10 Å². The van der Waals surface area contributed by atoms with Crippen molar-refractivity contribution >= 4 is 28.2 Å². The number of aromatic nitrogens is 2. The number of benzene rings is 3. The molecule has 0 atom stereocenters. The number of para-hydroxylation sites is 1. The fourth-order valence-electron chi connectivity index (χ4n) is 4.52. The number of carbonyl (C=O) groups is 1. The van der Waals surface area contributed by atoms with Crippen molar-refractivity contribution in [3.63, 3.8) is 0 Å². The number of nitrogens with zero attached hydrogens (tertiary/aromatic N) is 4. The number of fused-ring (bicyclic) bond motifs is 1. The lowest BCUT2D eigenvalue weighted by Crippen LogP contribution is -2.49. The first-order valence-electron chi connectivity index (χ1n) is 11.8. The zero-order valence-corrected chi connectivity index (χ0v) is 19.4. The Kier molecular flexibility index (Phi) is 6.49. The Bertz CT molecular complexity index is 1280. The molecule has 3 aromatic carbocycles. The summed E-state index contributed by atoms with van der Waals surface area (Å²) in [6, 6.07) is 26.7. The molecule has 0 unspecified atom stereocenters. The van der Waals surface area contributed by atoms with Crippen LogP contribution in [0.5, 0.6) is 0 Å². The molecule has 0 saturated carbocycles. The predicted molar refractivity (Wildman–Crippen MR) is 137 cm³/mol. The van der Waals surface area contributed by atoms with Crippen LogP contribution in [0, 0.1) is 6.92 Å². The molecule has 6 heteroatoms. The van der Waals surface area contributed by atoms with Crippen LogP contribution < -0.4 is 10.2 Å². The van der Waals surface area contributed by atoms with Crippen molar-refractivity contribution in [2.75, 3.05) is 42.9 Å². The summed E-state index contributed by atoms with van der Waals surface area (Å²) in [5.41, 5.74) is 4.18. The first-order valence-corrected chi connectivity index (χ1v) is 11.8. The highest BCUT2D eigenvalue weighted by atomic mass is 16.2. The van der Waals surface area contributed by atoms with Crippen LogP contribution in [0.1, 0.15) is 16.8 Å². The molecule has 0 spiro atoms. The molecule has 1 aliphatic rings. The zero-order chi connectivity index (χ0) is 23.3. The van der Waals surface area contributed by atoms with Gasteiger partial charge in [-0.3, -0.25) is 9.69 Å². The van der Waals surface area contributed by atoms with Gasteiger partial charge in [0.05, 0.1) is 12.2 Å². The Morgan fingerprint density at radius 2 is 1.50 bits per heavy atom. The van der Waals surface area contributed by atoms with Crippen molar-refractivity contribution in [3.05, 3.63) is 95.7 Å². The molecule has 1 amide bonds. The van der Waals surface area contributed by atoms with E-state index in [1.807, 2.05) is 37.3 Å². The van der Waals surface area contributed by atoms with Crippen molar-refractivity contribution in [2.24, 2.45) is 0 Å². The summed E-state index contributed by atoms with van der Waals surface area (Å²) in [6.07, 6.45) is 0.762. The standard InChI is InChI=1S/C28H29N5O/c1-21-9-5-8-14-25(21)29-27(34)20-32-15-17-33(18-16-32)28-24-13-7-6-12-23(24)26(30-31-28)19-22-10-3-2-4-11-22/h2-14H,15-20H2,1H3,(H,29,34). The van der Waals surface area contributed by atoms with Crippen molar-refractivity contribution in [1.29, 1.82) is 0 Å². The SMILES string of the molecule is Cc1ccccc1NC(=O)CN1CCN(c2nnc(Cc3ccccc3)c3ccccc23)CC1. The summed E-state index contributed by atoms with van der Waals surface area (Å²) in [7, 11) is 0. The molecule has 4 aromatic rings. The number of anilines is 2. The Balaban J connectivity index is 1.25. The second-order valence-electron chi connectivity index (χ2n) is 8.80. The summed E-state index contributed by atoms with van der Waals surface area (Å²) in [5, 5.41) is 14.6. The van der Waals surface area contributed by atoms with Gasteiger partial charge < -0.3 is 10.2 Å². The number of amides is 1. The number of rotatable bonds is 6. The van der Waals surface area contributed by atoms with Gasteiger partial charge in [-0.05, 0) is 24.1 Å². The minimum atomic E-state index is 0.0262. The van der Waals surface area contributed by atoms with E-state index in [1.165, 1.54) is 5.56 Å². The normalized spacial score (nSPS) is 14.3. The largest absolute Gasteiger partial charge is 0.352 e. The van der Waals surface area contributed by atoms with Crippen LogP contribution in [0.2, 0.25) is 0 Å². The van der Waals surface area contributed by atoms with Crippen LogP contribution in [0.25, 0.3) is 10.8 Å². The third kappa shape index (κ3) is 4.92. The summed E-state index contributed by atoms with van der Waals surface area (Å²) in [4.78, 5) is 17.0. The van der Waals surface area contributed by atoms with E-state index >= 15 is 0 Å². The lowest BCUT2D eigenvalue weighted by Gasteiger charge is -2.35. The molecule has 6 nitrogen and oxygen atoms in total. The Hall–Kier alpha value is -3.77. The van der Waals surface area contributed by atoms with Crippen LogP contribution in [0.3, 0.4) is 0 Å². The summed E-state index contributed by atoms with van der Waals surface area (Å²) < 4.78 is 0. The minimum absolute atomic E-state index is 0.0262. The van der Waals surface area contributed by atoms with Crippen LogP contribution >= 0.6 is 0 Å². The number of aryl methyl sites for hydroxylation is 1. The average Bonchev–Trinajstić information content (AvgIpc) is 2.87. The predicted octanol–water partition coefficient (Wildman–Crippen LogP) is 4.29. The molecule has 0 bridgehead atoms. The van der Waals surface area contributed by atoms with E-state index in [9.17, 15) is 4.79 Å². The molecule has 1 fully saturated rings. The molecule has 5 rings (SSSR count). The smallest absolute Gasteiger partial charge is 0.238 e. The molecule has 0 aliphatic carbocycles. The fourth-order valence-corrected chi connectivity index (χ4v) is 4.52. The number of hydrogen-bond donors (Lipinski definition) is 1. The van der Waals surface area contributed by atoms with E-state index in [0.717, 1.165) is 66.1 Å². The molecule has 1 aliphatic heterocycles. The number of nitrogens with one attached hydrogen (secondary N) is 1. The maximum atomic E-state index is 12.6. The number of piperazine rings is 1. The Morgan fingerprint density at radius 3 is 2.26 bits per heavy atom. The summed E-state index contributed by atoms with van der Waals surface area (Å²) >= 11 is 0. The molecule has 1 aromatic heterocycles. The third-order valence-electron chi connectivity index (χ3n) is 6.42. The van der Waals surface area contributed by atoms with Crippen LogP contribution in [0.15, 0.2) is 78.9 Å². The van der Waals surface area contributed by atoms with Gasteiger partial charge in [-0.15, -0.1) is 5.10 Å². The highest BCUT2D eigenvalue weighted by molar-refractivity contribution is 5.94. The van der Waals surface area contributed by atoms with Gasteiger partial charge in [-0.1, -0.05) is 72.8 Å². The third-order valence-corrected chi connectivity index (χ3v) is 6.42. The van der Waals surface area contributed by atoms with Gasteiger partial charge in [0.2, 0.25) is 5.91 Å². The molecular formula is C28H29N5O. The van der Waals surface area contributed by atoms with E-state index in [2.05, 4.69) is 73.8 Å². The zero-order valence-electron chi connectivity index (χ0n) is 19.4. The molecule has 34 heavy (non-hydrogen) atoms. The fraction of sp³-hybridized carbons (Fsp3) is 0.250. The summed E-state index contributed by atoms with van der Waals surface area (Å²) in [5.74, 6) is 0.953. The van der Waals surface area contributed by atoms with Gasteiger partial charge in [-0.25, -0.2) is 0 Å². The molecule has 1 saturated heterocycles. The van der Waals surface area contributed by atoms with Gasteiger partial charge in [0.25, 0.3) is 0 Å². The molecule has 2 heterocycles. The Labute approximate surface area is 200 Å². The lowest BCUT2D eigenvalue weighted by molar-refractivity contribution is -0.117. The number of carbonyl (C=O) groups excluding carboxylic acids is 1. The van der Waals surface area contributed by atoms with E-state index < -0.39 is 0 Å². The van der Waals surface area contributed by atoms with Crippen LogP contribution in [-0.4, -0.2) is 53.7 Å².